The quantitative estimate of drug-likeness (QED) is 0.861. The number of aryl methyl sites for hydroxylation is 2. The fourth-order valence-corrected chi connectivity index (χ4v) is 2.50. The third kappa shape index (κ3) is 3.73. The Balaban J connectivity index is 2.17. The Morgan fingerprint density at radius 3 is 2.48 bits per heavy atom. The van der Waals surface area contributed by atoms with Gasteiger partial charge in [0, 0.05) is 10.9 Å². The van der Waals surface area contributed by atoms with Gasteiger partial charge in [0.25, 0.3) is 0 Å². The van der Waals surface area contributed by atoms with Crippen molar-refractivity contribution in [2.75, 3.05) is 7.11 Å². The molecule has 0 bridgehead atoms. The van der Waals surface area contributed by atoms with Gasteiger partial charge in [0.15, 0.2) is 0 Å². The van der Waals surface area contributed by atoms with Crippen molar-refractivity contribution < 1.29 is 18.7 Å². The predicted molar refractivity (Wildman–Crippen MR) is 88.2 cm³/mol. The molecule has 1 amide bonds. The summed E-state index contributed by atoms with van der Waals surface area (Å²) in [4.78, 5) is 24.0. The number of nitrogens with one attached hydrogen (secondary N) is 1. The zero-order chi connectivity index (χ0) is 17.1. The van der Waals surface area contributed by atoms with Gasteiger partial charge < -0.3 is 14.5 Å². The fourth-order valence-electron chi connectivity index (χ4n) is 2.50. The minimum absolute atomic E-state index is 0.0441. The van der Waals surface area contributed by atoms with Gasteiger partial charge in [-0.05, 0) is 43.0 Å². The minimum atomic E-state index is -0.644. The molecule has 0 fully saturated rings. The Morgan fingerprint density at radius 1 is 1.22 bits per heavy atom. The summed E-state index contributed by atoms with van der Waals surface area (Å²) in [5, 5.41) is 3.67. The predicted octanol–water partition coefficient (Wildman–Crippen LogP) is 2.91. The van der Waals surface area contributed by atoms with E-state index in [2.05, 4.69) is 5.32 Å². The molecule has 0 spiro atoms. The van der Waals surface area contributed by atoms with Crippen LogP contribution in [0.2, 0.25) is 0 Å². The van der Waals surface area contributed by atoms with E-state index < -0.39 is 12.0 Å². The molecule has 1 unspecified atom stereocenters. The van der Waals surface area contributed by atoms with Crippen LogP contribution in [-0.2, 0) is 20.7 Å². The molecule has 1 heterocycles. The lowest BCUT2D eigenvalue weighted by Crippen LogP contribution is -2.45. The number of furan rings is 1. The van der Waals surface area contributed by atoms with Crippen molar-refractivity contribution in [3.05, 3.63) is 35.1 Å². The highest BCUT2D eigenvalue weighted by atomic mass is 16.5. The van der Waals surface area contributed by atoms with Crippen molar-refractivity contribution in [2.24, 2.45) is 5.92 Å². The number of hydrogen-bond donors (Lipinski definition) is 1. The summed E-state index contributed by atoms with van der Waals surface area (Å²) in [6.45, 7) is 7.77. The van der Waals surface area contributed by atoms with Crippen LogP contribution in [0, 0.1) is 19.8 Å². The van der Waals surface area contributed by atoms with E-state index in [0.29, 0.717) is 0 Å². The maximum atomic E-state index is 12.3. The first-order valence-corrected chi connectivity index (χ1v) is 7.68. The third-order valence-electron chi connectivity index (χ3n) is 4.06. The van der Waals surface area contributed by atoms with Crippen molar-refractivity contribution in [2.45, 2.75) is 40.2 Å². The number of carbonyl (C=O) groups is 2. The maximum absolute atomic E-state index is 12.3. The third-order valence-corrected chi connectivity index (χ3v) is 4.06. The molecule has 1 atom stereocenters. The highest BCUT2D eigenvalue weighted by Crippen LogP contribution is 2.25. The van der Waals surface area contributed by atoms with E-state index in [4.69, 9.17) is 9.15 Å². The molecule has 0 radical (unpaired) electrons. The van der Waals surface area contributed by atoms with E-state index in [0.717, 1.165) is 27.7 Å². The molecular weight excluding hydrogens is 294 g/mol. The van der Waals surface area contributed by atoms with Crippen molar-refractivity contribution in [3.63, 3.8) is 0 Å². The zero-order valence-corrected chi connectivity index (χ0v) is 14.2. The number of fused-ring (bicyclic) bond motifs is 1. The Hall–Kier alpha value is -2.30. The van der Waals surface area contributed by atoms with E-state index in [9.17, 15) is 9.59 Å². The molecule has 5 heteroatoms. The number of methoxy groups -OCH3 is 1. The van der Waals surface area contributed by atoms with Gasteiger partial charge in [-0.25, -0.2) is 4.79 Å². The molecule has 1 aromatic heterocycles. The van der Waals surface area contributed by atoms with E-state index in [-0.39, 0.29) is 18.2 Å². The first kappa shape index (κ1) is 17.1. The van der Waals surface area contributed by atoms with Crippen molar-refractivity contribution >= 4 is 22.8 Å². The molecule has 1 N–H and O–H groups in total. The van der Waals surface area contributed by atoms with E-state index >= 15 is 0 Å². The summed E-state index contributed by atoms with van der Waals surface area (Å²) >= 11 is 0. The molecule has 5 nitrogen and oxygen atoms in total. The van der Waals surface area contributed by atoms with Gasteiger partial charge in [-0.3, -0.25) is 4.79 Å². The van der Waals surface area contributed by atoms with Crippen LogP contribution in [0.5, 0.6) is 0 Å². The van der Waals surface area contributed by atoms with Crippen LogP contribution in [-0.4, -0.2) is 25.0 Å². The lowest BCUT2D eigenvalue weighted by atomic mass is 10.0. The van der Waals surface area contributed by atoms with Crippen LogP contribution in [0.4, 0.5) is 0 Å². The largest absolute Gasteiger partial charge is 0.467 e. The molecule has 0 saturated heterocycles. The zero-order valence-electron chi connectivity index (χ0n) is 14.2. The summed E-state index contributed by atoms with van der Waals surface area (Å²) in [6, 6.07) is 3.35. The average Bonchev–Trinajstić information content (AvgIpc) is 2.86. The van der Waals surface area contributed by atoms with Gasteiger partial charge in [-0.15, -0.1) is 0 Å². The van der Waals surface area contributed by atoms with Gasteiger partial charge >= 0.3 is 5.97 Å². The summed E-state index contributed by atoms with van der Waals surface area (Å²) in [7, 11) is 1.32. The van der Waals surface area contributed by atoms with Gasteiger partial charge in [-0.1, -0.05) is 13.8 Å². The first-order valence-electron chi connectivity index (χ1n) is 7.68. The standard InChI is InChI=1S/C18H23NO4/c1-10(2)17(18(21)22-5)19-16(20)8-13-9-23-15-7-12(4)11(3)6-14(13)15/h6-7,9-10,17H,8H2,1-5H3,(H,19,20). The molecule has 2 rings (SSSR count). The van der Waals surface area contributed by atoms with E-state index in [1.165, 1.54) is 7.11 Å². The Labute approximate surface area is 136 Å². The number of amides is 1. The first-order chi connectivity index (χ1) is 10.8. The second-order valence-electron chi connectivity index (χ2n) is 6.18. The highest BCUT2D eigenvalue weighted by molar-refractivity contribution is 5.90. The molecule has 124 valence electrons. The summed E-state index contributed by atoms with van der Waals surface area (Å²) in [5.41, 5.74) is 3.88. The second kappa shape index (κ2) is 6.86. The lowest BCUT2D eigenvalue weighted by molar-refractivity contribution is -0.146. The number of carbonyl (C=O) groups excluding carboxylic acids is 2. The molecule has 0 saturated carbocycles. The summed E-state index contributed by atoms with van der Waals surface area (Å²) in [5.74, 6) is -0.704. The van der Waals surface area contributed by atoms with Crippen LogP contribution in [0.1, 0.15) is 30.5 Å². The molecule has 0 aliphatic carbocycles. The van der Waals surface area contributed by atoms with Crippen molar-refractivity contribution in [1.29, 1.82) is 0 Å². The Morgan fingerprint density at radius 2 is 1.87 bits per heavy atom. The van der Waals surface area contributed by atoms with Crippen molar-refractivity contribution in [1.82, 2.24) is 5.32 Å². The monoisotopic (exact) mass is 317 g/mol. The van der Waals surface area contributed by atoms with E-state index in [1.54, 1.807) is 6.26 Å². The minimum Gasteiger partial charge on any atom is -0.467 e. The number of esters is 1. The second-order valence-corrected chi connectivity index (χ2v) is 6.18. The SMILES string of the molecule is COC(=O)C(NC(=O)Cc1coc2cc(C)c(C)cc12)C(C)C. The van der Waals surface area contributed by atoms with Gasteiger partial charge in [0.2, 0.25) is 5.91 Å². The van der Waals surface area contributed by atoms with Crippen LogP contribution in [0.15, 0.2) is 22.8 Å². The van der Waals surface area contributed by atoms with Crippen LogP contribution in [0.3, 0.4) is 0 Å². The Kier molecular flexibility index (Phi) is 5.08. The molecule has 1 aromatic carbocycles. The smallest absolute Gasteiger partial charge is 0.328 e. The average molecular weight is 317 g/mol. The topological polar surface area (TPSA) is 68.5 Å². The fraction of sp³-hybridized carbons (Fsp3) is 0.444. The van der Waals surface area contributed by atoms with Crippen molar-refractivity contribution in [3.8, 4) is 0 Å². The van der Waals surface area contributed by atoms with Gasteiger partial charge in [-0.2, -0.15) is 0 Å². The summed E-state index contributed by atoms with van der Waals surface area (Å²) in [6.07, 6.45) is 1.77. The number of ether oxygens (including phenoxy) is 1. The number of hydrogen-bond acceptors (Lipinski definition) is 4. The highest BCUT2D eigenvalue weighted by Gasteiger charge is 2.25. The van der Waals surface area contributed by atoms with Gasteiger partial charge in [0.1, 0.15) is 11.6 Å². The summed E-state index contributed by atoms with van der Waals surface area (Å²) < 4.78 is 10.3. The maximum Gasteiger partial charge on any atom is 0.328 e. The van der Waals surface area contributed by atoms with Crippen LogP contribution < -0.4 is 5.32 Å². The van der Waals surface area contributed by atoms with E-state index in [1.807, 2.05) is 39.8 Å². The molecular formula is C18H23NO4. The lowest BCUT2D eigenvalue weighted by Gasteiger charge is -2.19. The van der Waals surface area contributed by atoms with Crippen LogP contribution in [0.25, 0.3) is 11.0 Å². The van der Waals surface area contributed by atoms with Crippen LogP contribution >= 0.6 is 0 Å². The number of benzene rings is 1. The number of rotatable bonds is 5. The Bertz CT molecular complexity index is 730. The molecule has 0 aliphatic rings. The molecule has 0 aliphatic heterocycles. The normalized spacial score (nSPS) is 12.4. The van der Waals surface area contributed by atoms with Gasteiger partial charge in [0.05, 0.1) is 19.8 Å². The molecule has 2 aromatic rings. The molecule has 23 heavy (non-hydrogen) atoms.